The monoisotopic (exact) mass is 231 g/mol. The molecule has 0 saturated carbocycles. The van der Waals surface area contributed by atoms with Gasteiger partial charge < -0.3 is 15.2 Å². The van der Waals surface area contributed by atoms with Crippen molar-refractivity contribution in [1.29, 1.82) is 0 Å². The van der Waals surface area contributed by atoms with Crippen LogP contribution in [0.25, 0.3) is 0 Å². The number of carbonyl (C=O) groups excluding carboxylic acids is 1. The third kappa shape index (κ3) is 5.11. The summed E-state index contributed by atoms with van der Waals surface area (Å²) in [6.07, 6.45) is 1.45. The van der Waals surface area contributed by atoms with E-state index in [-0.39, 0.29) is 12.3 Å². The summed E-state index contributed by atoms with van der Waals surface area (Å²) in [7, 11) is 0. The molecule has 0 radical (unpaired) electrons. The van der Waals surface area contributed by atoms with Crippen LogP contribution in [0.3, 0.4) is 0 Å². The molecular formula is C11H21NO4. The van der Waals surface area contributed by atoms with Crippen LogP contribution in [0.15, 0.2) is 0 Å². The Kier molecular flexibility index (Phi) is 6.72. The van der Waals surface area contributed by atoms with Crippen molar-refractivity contribution in [3.05, 3.63) is 0 Å². The zero-order valence-electron chi connectivity index (χ0n) is 10.2. The molecule has 0 heterocycles. The second kappa shape index (κ2) is 7.22. The van der Waals surface area contributed by atoms with Crippen LogP contribution < -0.4 is 5.32 Å². The topological polar surface area (TPSA) is 75.6 Å². The molecule has 0 saturated heterocycles. The Bertz CT molecular complexity index is 242. The number of amides is 1. The molecule has 0 aliphatic heterocycles. The zero-order valence-corrected chi connectivity index (χ0v) is 10.2. The van der Waals surface area contributed by atoms with Crippen LogP contribution in [0.4, 0.5) is 0 Å². The van der Waals surface area contributed by atoms with E-state index in [0.29, 0.717) is 19.6 Å². The van der Waals surface area contributed by atoms with Crippen LogP contribution in [-0.4, -0.2) is 35.7 Å². The van der Waals surface area contributed by atoms with Gasteiger partial charge in [0.2, 0.25) is 5.91 Å². The first-order valence-electron chi connectivity index (χ1n) is 5.58. The summed E-state index contributed by atoms with van der Waals surface area (Å²) in [6.45, 7) is 6.16. The molecule has 0 rings (SSSR count). The van der Waals surface area contributed by atoms with Gasteiger partial charge in [0.1, 0.15) is 5.54 Å². The summed E-state index contributed by atoms with van der Waals surface area (Å²) in [5.74, 6) is -1.30. The van der Waals surface area contributed by atoms with Crippen molar-refractivity contribution in [1.82, 2.24) is 5.32 Å². The lowest BCUT2D eigenvalue weighted by Crippen LogP contribution is -2.51. The first-order chi connectivity index (χ1) is 7.46. The minimum atomic E-state index is -1.18. The van der Waals surface area contributed by atoms with Crippen molar-refractivity contribution < 1.29 is 19.4 Å². The van der Waals surface area contributed by atoms with E-state index >= 15 is 0 Å². The molecule has 16 heavy (non-hydrogen) atoms. The quantitative estimate of drug-likeness (QED) is 0.615. The van der Waals surface area contributed by atoms with E-state index in [0.717, 1.165) is 6.42 Å². The number of hydrogen-bond donors (Lipinski definition) is 2. The molecule has 0 spiro atoms. The maximum absolute atomic E-state index is 11.4. The fourth-order valence-corrected chi connectivity index (χ4v) is 1.07. The summed E-state index contributed by atoms with van der Waals surface area (Å²) >= 11 is 0. The average Bonchev–Trinajstić information content (AvgIpc) is 2.24. The number of aliphatic carboxylic acids is 1. The zero-order chi connectivity index (χ0) is 12.6. The van der Waals surface area contributed by atoms with E-state index in [9.17, 15) is 9.59 Å². The van der Waals surface area contributed by atoms with Crippen molar-refractivity contribution in [2.24, 2.45) is 0 Å². The van der Waals surface area contributed by atoms with Crippen molar-refractivity contribution in [3.63, 3.8) is 0 Å². The Morgan fingerprint density at radius 2 is 1.94 bits per heavy atom. The minimum Gasteiger partial charge on any atom is -0.480 e. The lowest BCUT2D eigenvalue weighted by atomic mass is 9.99. The Balaban J connectivity index is 3.98. The van der Waals surface area contributed by atoms with E-state index in [1.165, 1.54) is 6.92 Å². The summed E-state index contributed by atoms with van der Waals surface area (Å²) in [5.41, 5.74) is -1.18. The fraction of sp³-hybridized carbons (Fsp3) is 0.818. The van der Waals surface area contributed by atoms with Gasteiger partial charge in [-0.15, -0.1) is 0 Å². The first kappa shape index (κ1) is 14.9. The van der Waals surface area contributed by atoms with E-state index < -0.39 is 11.5 Å². The van der Waals surface area contributed by atoms with Crippen molar-refractivity contribution in [2.45, 2.75) is 45.6 Å². The third-order valence-corrected chi connectivity index (χ3v) is 2.42. The fourth-order valence-electron chi connectivity index (χ4n) is 1.07. The third-order valence-electron chi connectivity index (χ3n) is 2.42. The van der Waals surface area contributed by atoms with Gasteiger partial charge in [0.05, 0.1) is 6.61 Å². The molecule has 5 nitrogen and oxygen atoms in total. The molecule has 0 bridgehead atoms. The van der Waals surface area contributed by atoms with Crippen LogP contribution in [-0.2, 0) is 14.3 Å². The van der Waals surface area contributed by atoms with Gasteiger partial charge in [-0.25, -0.2) is 4.79 Å². The van der Waals surface area contributed by atoms with Gasteiger partial charge in [-0.3, -0.25) is 4.79 Å². The number of nitrogens with one attached hydrogen (secondary N) is 1. The van der Waals surface area contributed by atoms with Gasteiger partial charge in [-0.1, -0.05) is 13.8 Å². The predicted molar refractivity (Wildman–Crippen MR) is 60.2 cm³/mol. The normalized spacial score (nSPS) is 14.2. The SMILES string of the molecule is CCCOCCC(=O)NC(C)(CC)C(=O)O. The molecule has 0 aromatic heterocycles. The Morgan fingerprint density at radius 3 is 2.38 bits per heavy atom. The van der Waals surface area contributed by atoms with Gasteiger partial charge in [0.25, 0.3) is 0 Å². The number of carboxylic acids is 1. The molecule has 0 aliphatic rings. The number of hydrogen-bond acceptors (Lipinski definition) is 3. The number of ether oxygens (including phenoxy) is 1. The highest BCUT2D eigenvalue weighted by molar-refractivity contribution is 5.86. The number of carboxylic acid groups (broad SMARTS) is 1. The summed E-state index contributed by atoms with van der Waals surface area (Å²) in [4.78, 5) is 22.3. The van der Waals surface area contributed by atoms with Gasteiger partial charge in [-0.2, -0.15) is 0 Å². The maximum Gasteiger partial charge on any atom is 0.329 e. The van der Waals surface area contributed by atoms with Gasteiger partial charge in [0.15, 0.2) is 0 Å². The minimum absolute atomic E-state index is 0.197. The Morgan fingerprint density at radius 1 is 1.31 bits per heavy atom. The molecule has 1 unspecified atom stereocenters. The van der Waals surface area contributed by atoms with Crippen LogP contribution in [0.1, 0.15) is 40.0 Å². The predicted octanol–water partition coefficient (Wildman–Crippen LogP) is 1.17. The second-order valence-corrected chi connectivity index (χ2v) is 3.90. The van der Waals surface area contributed by atoms with Crippen LogP contribution >= 0.6 is 0 Å². The van der Waals surface area contributed by atoms with Gasteiger partial charge in [0, 0.05) is 13.0 Å². The van der Waals surface area contributed by atoms with Crippen molar-refractivity contribution in [2.75, 3.05) is 13.2 Å². The highest BCUT2D eigenvalue weighted by Gasteiger charge is 2.32. The average molecular weight is 231 g/mol. The molecule has 1 atom stereocenters. The number of carbonyl (C=O) groups is 2. The van der Waals surface area contributed by atoms with E-state index in [2.05, 4.69) is 5.32 Å². The van der Waals surface area contributed by atoms with Crippen molar-refractivity contribution >= 4 is 11.9 Å². The lowest BCUT2D eigenvalue weighted by Gasteiger charge is -2.24. The highest BCUT2D eigenvalue weighted by Crippen LogP contribution is 2.09. The summed E-state index contributed by atoms with van der Waals surface area (Å²) in [5, 5.41) is 11.4. The smallest absolute Gasteiger partial charge is 0.329 e. The molecule has 0 aliphatic carbocycles. The summed E-state index contributed by atoms with van der Waals surface area (Å²) in [6, 6.07) is 0. The van der Waals surface area contributed by atoms with Crippen LogP contribution in [0.2, 0.25) is 0 Å². The molecule has 5 heteroatoms. The highest BCUT2D eigenvalue weighted by atomic mass is 16.5. The standard InChI is InChI=1S/C11H21NO4/c1-4-7-16-8-6-9(13)12-11(3,5-2)10(14)15/h4-8H2,1-3H3,(H,12,13)(H,14,15). The molecule has 0 fully saturated rings. The number of rotatable bonds is 8. The van der Waals surface area contributed by atoms with Gasteiger partial charge in [-0.05, 0) is 19.8 Å². The van der Waals surface area contributed by atoms with Crippen LogP contribution in [0.5, 0.6) is 0 Å². The van der Waals surface area contributed by atoms with E-state index in [4.69, 9.17) is 9.84 Å². The summed E-state index contributed by atoms with van der Waals surface area (Å²) < 4.78 is 5.15. The van der Waals surface area contributed by atoms with Gasteiger partial charge >= 0.3 is 5.97 Å². The molecule has 0 aromatic rings. The molecule has 94 valence electrons. The van der Waals surface area contributed by atoms with E-state index in [1.807, 2.05) is 6.92 Å². The maximum atomic E-state index is 11.4. The Labute approximate surface area is 96.2 Å². The second-order valence-electron chi connectivity index (χ2n) is 3.90. The molecule has 1 amide bonds. The largest absolute Gasteiger partial charge is 0.480 e. The Hall–Kier alpha value is -1.10. The molecule has 2 N–H and O–H groups in total. The van der Waals surface area contributed by atoms with Crippen LogP contribution in [0, 0.1) is 0 Å². The molecule has 0 aromatic carbocycles. The van der Waals surface area contributed by atoms with E-state index in [1.54, 1.807) is 6.92 Å². The van der Waals surface area contributed by atoms with Crippen molar-refractivity contribution in [3.8, 4) is 0 Å². The first-order valence-corrected chi connectivity index (χ1v) is 5.58. The lowest BCUT2D eigenvalue weighted by molar-refractivity contribution is -0.147. The molecular weight excluding hydrogens is 210 g/mol.